The zero-order valence-corrected chi connectivity index (χ0v) is 16.6. The van der Waals surface area contributed by atoms with E-state index >= 15 is 0 Å². The maximum atomic E-state index is 13.7. The number of nitrogens with two attached hydrogens (primary N) is 1. The van der Waals surface area contributed by atoms with Crippen LogP contribution in [0.4, 0.5) is 17.6 Å². The van der Waals surface area contributed by atoms with Crippen LogP contribution in [-0.2, 0) is 20.8 Å². The van der Waals surface area contributed by atoms with Gasteiger partial charge in [-0.15, -0.1) is 0 Å². The van der Waals surface area contributed by atoms with Gasteiger partial charge in [-0.25, -0.2) is 17.6 Å². The normalized spacial score (nSPS) is 13.4. The lowest BCUT2D eigenvalue weighted by molar-refractivity contribution is -0.137. The first-order valence-corrected chi connectivity index (χ1v) is 9.17. The minimum Gasteiger partial charge on any atom is -0.481 e. The molecular formula is C19H25F4N3O4. The molecule has 0 fully saturated rings. The molecule has 11 heteroatoms. The number of nitrogens with one attached hydrogen (secondary N) is 2. The number of hydrogen-bond donors (Lipinski definition) is 4. The van der Waals surface area contributed by atoms with Crippen LogP contribution >= 0.6 is 0 Å². The average Bonchev–Trinajstić information content (AvgIpc) is 2.60. The Kier molecular flexibility index (Phi) is 9.22. The van der Waals surface area contributed by atoms with Crippen molar-refractivity contribution in [3.8, 4) is 0 Å². The first-order valence-electron chi connectivity index (χ1n) is 9.17. The molecule has 5 N–H and O–H groups in total. The second kappa shape index (κ2) is 10.9. The third-order valence-corrected chi connectivity index (χ3v) is 4.14. The molecule has 0 bridgehead atoms. The summed E-state index contributed by atoms with van der Waals surface area (Å²) in [6.07, 6.45) is -0.930. The molecule has 1 rings (SSSR count). The van der Waals surface area contributed by atoms with Gasteiger partial charge in [-0.3, -0.25) is 14.4 Å². The van der Waals surface area contributed by atoms with Gasteiger partial charge in [0.25, 0.3) is 5.91 Å². The quantitative estimate of drug-likeness (QED) is 0.311. The highest BCUT2D eigenvalue weighted by Crippen LogP contribution is 2.16. The fourth-order valence-corrected chi connectivity index (χ4v) is 2.55. The molecule has 2 atom stereocenters. The van der Waals surface area contributed by atoms with Crippen LogP contribution in [0.25, 0.3) is 0 Å². The Morgan fingerprint density at radius 2 is 1.73 bits per heavy atom. The topological polar surface area (TPSA) is 122 Å². The Morgan fingerprint density at radius 1 is 1.13 bits per heavy atom. The summed E-state index contributed by atoms with van der Waals surface area (Å²) in [6.45, 7) is 1.88. The highest BCUT2D eigenvalue weighted by atomic mass is 19.2. The number of carboxylic acid groups (broad SMARTS) is 1. The lowest BCUT2D eigenvalue weighted by atomic mass is 10.0. The van der Waals surface area contributed by atoms with Gasteiger partial charge in [0, 0.05) is 37.5 Å². The summed E-state index contributed by atoms with van der Waals surface area (Å²) in [4.78, 5) is 34.6. The van der Waals surface area contributed by atoms with Crippen molar-refractivity contribution in [1.82, 2.24) is 10.6 Å². The van der Waals surface area contributed by atoms with E-state index in [2.05, 4.69) is 10.6 Å². The van der Waals surface area contributed by atoms with Crippen LogP contribution in [0.15, 0.2) is 12.1 Å². The largest absolute Gasteiger partial charge is 0.481 e. The van der Waals surface area contributed by atoms with E-state index in [4.69, 9.17) is 10.8 Å². The van der Waals surface area contributed by atoms with Crippen molar-refractivity contribution < 1.29 is 37.1 Å². The molecule has 0 saturated heterocycles. The molecule has 2 unspecified atom stereocenters. The maximum absolute atomic E-state index is 13.7. The molecule has 0 spiro atoms. The molecule has 30 heavy (non-hydrogen) atoms. The summed E-state index contributed by atoms with van der Waals surface area (Å²) < 4.78 is 53.5. The monoisotopic (exact) mass is 435 g/mol. The predicted molar refractivity (Wildman–Crippen MR) is 99.6 cm³/mol. The number of alkyl halides is 1. The lowest BCUT2D eigenvalue weighted by Crippen LogP contribution is -2.48. The number of aliphatic carboxylic acids is 1. The number of carboxylic acids is 1. The fourth-order valence-electron chi connectivity index (χ4n) is 2.55. The second-order valence-electron chi connectivity index (χ2n) is 7.41. The Hall–Kier alpha value is -2.69. The molecule has 0 aromatic heterocycles. The van der Waals surface area contributed by atoms with Crippen LogP contribution in [0, 0.1) is 17.5 Å². The van der Waals surface area contributed by atoms with E-state index in [9.17, 15) is 31.9 Å². The van der Waals surface area contributed by atoms with Gasteiger partial charge in [0.05, 0.1) is 0 Å². The number of rotatable bonds is 11. The molecule has 1 aromatic rings. The van der Waals surface area contributed by atoms with Crippen molar-refractivity contribution in [2.45, 2.75) is 57.3 Å². The van der Waals surface area contributed by atoms with Gasteiger partial charge in [0.2, 0.25) is 5.91 Å². The number of halogens is 4. The SMILES string of the molecule is CC(C)(F)C(=O)NCC(CCC(=O)O)NC(=O)CC(N)Cc1cc(F)c(F)cc1F. The van der Waals surface area contributed by atoms with Gasteiger partial charge in [-0.2, -0.15) is 0 Å². The number of carbonyl (C=O) groups is 3. The van der Waals surface area contributed by atoms with Crippen LogP contribution in [0.3, 0.4) is 0 Å². The number of benzene rings is 1. The molecule has 0 saturated carbocycles. The first kappa shape index (κ1) is 25.3. The second-order valence-corrected chi connectivity index (χ2v) is 7.41. The van der Waals surface area contributed by atoms with Gasteiger partial charge >= 0.3 is 5.97 Å². The molecular weight excluding hydrogens is 410 g/mol. The molecule has 0 heterocycles. The van der Waals surface area contributed by atoms with Crippen LogP contribution in [0.5, 0.6) is 0 Å². The maximum Gasteiger partial charge on any atom is 0.303 e. The minimum atomic E-state index is -2.15. The van der Waals surface area contributed by atoms with Gasteiger partial charge in [0.1, 0.15) is 5.82 Å². The summed E-state index contributed by atoms with van der Waals surface area (Å²) in [5.41, 5.74) is 3.43. The van der Waals surface area contributed by atoms with Gasteiger partial charge in [0.15, 0.2) is 17.3 Å². The molecule has 1 aromatic carbocycles. The van der Waals surface area contributed by atoms with Crippen molar-refractivity contribution in [1.29, 1.82) is 0 Å². The van der Waals surface area contributed by atoms with Gasteiger partial charge < -0.3 is 21.5 Å². The van der Waals surface area contributed by atoms with E-state index in [1.807, 2.05) is 0 Å². The highest BCUT2D eigenvalue weighted by Gasteiger charge is 2.27. The zero-order valence-electron chi connectivity index (χ0n) is 16.6. The summed E-state index contributed by atoms with van der Waals surface area (Å²) >= 11 is 0. The van der Waals surface area contributed by atoms with Crippen LogP contribution in [0.1, 0.15) is 38.7 Å². The smallest absolute Gasteiger partial charge is 0.303 e. The Bertz CT molecular complexity index is 784. The molecule has 0 aliphatic rings. The lowest BCUT2D eigenvalue weighted by Gasteiger charge is -2.22. The van der Waals surface area contributed by atoms with E-state index in [-0.39, 0.29) is 37.8 Å². The zero-order chi connectivity index (χ0) is 23.1. The molecule has 7 nitrogen and oxygen atoms in total. The van der Waals surface area contributed by atoms with Crippen molar-refractivity contribution >= 4 is 17.8 Å². The Morgan fingerprint density at radius 3 is 2.30 bits per heavy atom. The molecule has 0 aliphatic carbocycles. The molecule has 168 valence electrons. The molecule has 2 amide bonds. The van der Waals surface area contributed by atoms with E-state index < -0.39 is 53.0 Å². The fraction of sp³-hybridized carbons (Fsp3) is 0.526. The van der Waals surface area contributed by atoms with E-state index in [1.54, 1.807) is 0 Å². The summed E-state index contributed by atoms with van der Waals surface area (Å²) in [5, 5.41) is 13.6. The van der Waals surface area contributed by atoms with Crippen molar-refractivity contribution in [2.24, 2.45) is 5.73 Å². The van der Waals surface area contributed by atoms with E-state index in [0.29, 0.717) is 12.1 Å². The third-order valence-electron chi connectivity index (χ3n) is 4.14. The summed E-state index contributed by atoms with van der Waals surface area (Å²) in [5.74, 6) is -6.28. The average molecular weight is 435 g/mol. The van der Waals surface area contributed by atoms with E-state index in [0.717, 1.165) is 13.8 Å². The summed E-state index contributed by atoms with van der Waals surface area (Å²) in [7, 11) is 0. The first-order chi connectivity index (χ1) is 13.8. The van der Waals surface area contributed by atoms with Crippen molar-refractivity contribution in [3.05, 3.63) is 35.1 Å². The standard InChI is InChI=1S/C19H25F4N3O4/c1-19(2,23)18(30)25-9-12(3-4-17(28)29)26-16(27)7-11(24)5-10-6-14(21)15(22)8-13(10)20/h6,8,11-12H,3-5,7,9,24H2,1-2H3,(H,25,30)(H,26,27)(H,28,29). The Labute approximate surface area is 171 Å². The third kappa shape index (κ3) is 8.76. The Balaban J connectivity index is 2.67. The van der Waals surface area contributed by atoms with Crippen LogP contribution in [0.2, 0.25) is 0 Å². The summed E-state index contributed by atoms with van der Waals surface area (Å²) in [6, 6.07) is -0.711. The van der Waals surface area contributed by atoms with Gasteiger partial charge in [-0.05, 0) is 38.3 Å². The predicted octanol–water partition coefficient (Wildman–Crippen LogP) is 1.58. The van der Waals surface area contributed by atoms with Crippen LogP contribution < -0.4 is 16.4 Å². The molecule has 0 radical (unpaired) electrons. The van der Waals surface area contributed by atoms with E-state index in [1.165, 1.54) is 0 Å². The van der Waals surface area contributed by atoms with Gasteiger partial charge in [-0.1, -0.05) is 0 Å². The van der Waals surface area contributed by atoms with Crippen molar-refractivity contribution in [2.75, 3.05) is 6.54 Å². The molecule has 0 aliphatic heterocycles. The number of carbonyl (C=O) groups excluding carboxylic acids is 2. The number of amides is 2. The highest BCUT2D eigenvalue weighted by molar-refractivity contribution is 5.84. The number of hydrogen-bond acceptors (Lipinski definition) is 4. The minimum absolute atomic E-state index is 0.0406. The van der Waals surface area contributed by atoms with Crippen LogP contribution in [-0.4, -0.2) is 47.2 Å². The van der Waals surface area contributed by atoms with Crippen molar-refractivity contribution in [3.63, 3.8) is 0 Å².